The van der Waals surface area contributed by atoms with Crippen molar-refractivity contribution in [3.8, 4) is 6.01 Å². The van der Waals surface area contributed by atoms with Crippen LogP contribution < -0.4 is 10.1 Å². The van der Waals surface area contributed by atoms with Gasteiger partial charge >= 0.3 is 6.01 Å². The lowest BCUT2D eigenvalue weighted by Crippen LogP contribution is -2.43. The molecule has 2 saturated heterocycles. The quantitative estimate of drug-likeness (QED) is 0.931. The van der Waals surface area contributed by atoms with E-state index in [9.17, 15) is 4.39 Å². The second-order valence-corrected chi connectivity index (χ2v) is 6.36. The van der Waals surface area contributed by atoms with Gasteiger partial charge in [-0.1, -0.05) is 0 Å². The van der Waals surface area contributed by atoms with Crippen molar-refractivity contribution >= 4 is 16.7 Å². The number of anilines is 1. The smallest absolute Gasteiger partial charge is 0.319 e. The lowest BCUT2D eigenvalue weighted by atomic mass is 9.95. The minimum absolute atomic E-state index is 0.185. The first-order valence-electron chi connectivity index (χ1n) is 8.02. The molecule has 2 aromatic heterocycles. The fraction of sp³-hybridized carbons (Fsp3) is 0.562. The normalized spacial score (nSPS) is 27.3. The van der Waals surface area contributed by atoms with Gasteiger partial charge in [0.15, 0.2) is 0 Å². The molecule has 7 heteroatoms. The Balaban J connectivity index is 1.58. The third-order valence-corrected chi connectivity index (χ3v) is 4.94. The zero-order valence-electron chi connectivity index (χ0n) is 13.1. The van der Waals surface area contributed by atoms with E-state index in [0.29, 0.717) is 31.4 Å². The number of fused-ring (bicyclic) bond motifs is 2. The topological polar surface area (TPSA) is 63.2 Å². The Morgan fingerprint density at radius 3 is 3.26 bits per heavy atom. The van der Waals surface area contributed by atoms with Crippen LogP contribution in [0.3, 0.4) is 0 Å². The number of pyridine rings is 1. The molecule has 0 saturated carbocycles. The third-order valence-electron chi connectivity index (χ3n) is 4.94. The molecule has 4 heterocycles. The summed E-state index contributed by atoms with van der Waals surface area (Å²) >= 11 is 0. The number of alkyl halides is 1. The number of aromatic nitrogens is 3. The van der Waals surface area contributed by atoms with Crippen molar-refractivity contribution in [3.63, 3.8) is 0 Å². The van der Waals surface area contributed by atoms with Gasteiger partial charge in [0.2, 0.25) is 0 Å². The standard InChI is InChI=1S/C16H20FN5O/c1-18-14-12-8-19-5-3-13(12)20-15(21-14)23-10-16-4-2-6-22(16)9-11(17)7-16/h3,5,8,11H,2,4,6-7,9-10H2,1H3,(H,18,20,21)/t11-,16+/m1/s1. The molecule has 0 bridgehead atoms. The van der Waals surface area contributed by atoms with Crippen LogP contribution in [0.4, 0.5) is 10.2 Å². The van der Waals surface area contributed by atoms with Crippen molar-refractivity contribution in [2.75, 3.05) is 32.1 Å². The van der Waals surface area contributed by atoms with Gasteiger partial charge in [-0.05, 0) is 25.5 Å². The van der Waals surface area contributed by atoms with Crippen LogP contribution in [-0.2, 0) is 0 Å². The Morgan fingerprint density at radius 2 is 2.39 bits per heavy atom. The average molecular weight is 317 g/mol. The Hall–Kier alpha value is -2.02. The zero-order chi connectivity index (χ0) is 15.9. The number of nitrogens with zero attached hydrogens (tertiary/aromatic N) is 4. The third kappa shape index (κ3) is 2.49. The predicted octanol–water partition coefficient (Wildman–Crippen LogP) is 2.02. The molecule has 2 fully saturated rings. The fourth-order valence-corrected chi connectivity index (χ4v) is 3.85. The van der Waals surface area contributed by atoms with E-state index in [1.807, 2.05) is 6.07 Å². The van der Waals surface area contributed by atoms with Crippen LogP contribution in [-0.4, -0.2) is 58.3 Å². The van der Waals surface area contributed by atoms with Gasteiger partial charge in [0.05, 0.1) is 16.4 Å². The summed E-state index contributed by atoms with van der Waals surface area (Å²) in [5.41, 5.74) is 0.598. The Kier molecular flexibility index (Phi) is 3.52. The molecule has 2 aliphatic heterocycles. The molecule has 0 aliphatic carbocycles. The van der Waals surface area contributed by atoms with Crippen molar-refractivity contribution in [1.82, 2.24) is 19.9 Å². The molecule has 0 spiro atoms. The van der Waals surface area contributed by atoms with E-state index in [-0.39, 0.29) is 5.54 Å². The highest BCUT2D eigenvalue weighted by Gasteiger charge is 2.49. The Bertz CT molecular complexity index is 727. The molecule has 2 aliphatic rings. The minimum Gasteiger partial charge on any atom is -0.461 e. The molecule has 0 radical (unpaired) electrons. The van der Waals surface area contributed by atoms with E-state index in [4.69, 9.17) is 4.74 Å². The van der Waals surface area contributed by atoms with Gasteiger partial charge in [0.25, 0.3) is 0 Å². The van der Waals surface area contributed by atoms with Crippen LogP contribution >= 0.6 is 0 Å². The fourth-order valence-electron chi connectivity index (χ4n) is 3.85. The Morgan fingerprint density at radius 1 is 1.48 bits per heavy atom. The largest absolute Gasteiger partial charge is 0.461 e. The summed E-state index contributed by atoms with van der Waals surface area (Å²) < 4.78 is 19.7. The molecule has 0 amide bonds. The van der Waals surface area contributed by atoms with E-state index in [2.05, 4.69) is 25.2 Å². The van der Waals surface area contributed by atoms with E-state index in [1.54, 1.807) is 19.4 Å². The molecular weight excluding hydrogens is 297 g/mol. The number of nitrogens with one attached hydrogen (secondary N) is 1. The van der Waals surface area contributed by atoms with Crippen LogP contribution in [0.5, 0.6) is 6.01 Å². The maximum atomic E-state index is 13.8. The van der Waals surface area contributed by atoms with Gasteiger partial charge in [0.1, 0.15) is 18.6 Å². The number of rotatable bonds is 4. The molecule has 0 aromatic carbocycles. The van der Waals surface area contributed by atoms with Gasteiger partial charge in [-0.3, -0.25) is 9.88 Å². The summed E-state index contributed by atoms with van der Waals surface area (Å²) in [4.78, 5) is 15.2. The molecule has 4 rings (SSSR count). The highest BCUT2D eigenvalue weighted by molar-refractivity contribution is 5.88. The molecule has 23 heavy (non-hydrogen) atoms. The summed E-state index contributed by atoms with van der Waals surface area (Å²) in [6.07, 6.45) is 5.29. The van der Waals surface area contributed by atoms with Gasteiger partial charge in [0, 0.05) is 32.4 Å². The molecule has 6 nitrogen and oxygen atoms in total. The Labute approximate surface area is 134 Å². The van der Waals surface area contributed by atoms with Crippen molar-refractivity contribution in [3.05, 3.63) is 18.5 Å². The molecule has 122 valence electrons. The first kappa shape index (κ1) is 14.6. The maximum Gasteiger partial charge on any atom is 0.319 e. The zero-order valence-corrected chi connectivity index (χ0v) is 13.1. The van der Waals surface area contributed by atoms with Crippen molar-refractivity contribution in [2.24, 2.45) is 0 Å². The number of halogens is 1. The summed E-state index contributed by atoms with van der Waals surface area (Å²) in [5.74, 6) is 0.689. The lowest BCUT2D eigenvalue weighted by molar-refractivity contribution is 0.107. The summed E-state index contributed by atoms with van der Waals surface area (Å²) in [6.45, 7) is 1.92. The highest BCUT2D eigenvalue weighted by atomic mass is 19.1. The molecule has 2 aromatic rings. The van der Waals surface area contributed by atoms with Gasteiger partial charge in [-0.15, -0.1) is 0 Å². The SMILES string of the molecule is CNc1nc(OC[C@@]23CCCN2C[C@H](F)C3)nc2ccncc12. The monoisotopic (exact) mass is 317 g/mol. The van der Waals surface area contributed by atoms with E-state index >= 15 is 0 Å². The van der Waals surface area contributed by atoms with Crippen LogP contribution in [0.25, 0.3) is 10.9 Å². The molecule has 2 atom stereocenters. The number of hydrogen-bond acceptors (Lipinski definition) is 6. The predicted molar refractivity (Wildman–Crippen MR) is 85.4 cm³/mol. The van der Waals surface area contributed by atoms with E-state index in [0.717, 1.165) is 30.3 Å². The highest BCUT2D eigenvalue weighted by Crippen LogP contribution is 2.40. The summed E-state index contributed by atoms with van der Waals surface area (Å²) in [5, 5.41) is 3.90. The number of ether oxygens (including phenoxy) is 1. The van der Waals surface area contributed by atoms with E-state index in [1.165, 1.54) is 0 Å². The van der Waals surface area contributed by atoms with Gasteiger partial charge in [-0.2, -0.15) is 9.97 Å². The molecular formula is C16H20FN5O. The first-order valence-corrected chi connectivity index (χ1v) is 8.02. The molecule has 1 N–H and O–H groups in total. The van der Waals surface area contributed by atoms with Crippen molar-refractivity contribution < 1.29 is 9.13 Å². The van der Waals surface area contributed by atoms with E-state index < -0.39 is 6.17 Å². The first-order chi connectivity index (χ1) is 11.2. The number of hydrogen-bond donors (Lipinski definition) is 1. The van der Waals surface area contributed by atoms with Crippen molar-refractivity contribution in [2.45, 2.75) is 31.0 Å². The van der Waals surface area contributed by atoms with Crippen LogP contribution in [0, 0.1) is 0 Å². The maximum absolute atomic E-state index is 13.8. The minimum atomic E-state index is -0.754. The van der Waals surface area contributed by atoms with Gasteiger partial charge < -0.3 is 10.1 Å². The summed E-state index contributed by atoms with van der Waals surface area (Å²) in [7, 11) is 1.81. The van der Waals surface area contributed by atoms with Gasteiger partial charge in [-0.25, -0.2) is 4.39 Å². The molecule has 0 unspecified atom stereocenters. The average Bonchev–Trinajstić information content (AvgIpc) is 3.08. The second kappa shape index (κ2) is 5.56. The lowest BCUT2D eigenvalue weighted by Gasteiger charge is -2.30. The van der Waals surface area contributed by atoms with Crippen LogP contribution in [0.2, 0.25) is 0 Å². The second-order valence-electron chi connectivity index (χ2n) is 6.36. The van der Waals surface area contributed by atoms with Crippen LogP contribution in [0.15, 0.2) is 18.5 Å². The van der Waals surface area contributed by atoms with Crippen molar-refractivity contribution in [1.29, 1.82) is 0 Å². The summed E-state index contributed by atoms with van der Waals surface area (Å²) in [6, 6.07) is 2.16. The van der Waals surface area contributed by atoms with Crippen LogP contribution in [0.1, 0.15) is 19.3 Å².